The molecule has 0 heterocycles. The van der Waals surface area contributed by atoms with Gasteiger partial charge in [-0.2, -0.15) is 0 Å². The van der Waals surface area contributed by atoms with Crippen LogP contribution >= 0.6 is 0 Å². The van der Waals surface area contributed by atoms with Gasteiger partial charge in [-0.15, -0.1) is 0 Å². The second-order valence-corrected chi connectivity index (χ2v) is 3.33. The number of hydrogen-bond acceptors (Lipinski definition) is 2. The van der Waals surface area contributed by atoms with Crippen molar-refractivity contribution in [1.82, 2.24) is 0 Å². The Morgan fingerprint density at radius 3 is 2.75 bits per heavy atom. The molecule has 0 fully saturated rings. The Bertz CT molecular complexity index is 394. The number of rotatable bonds is 5. The standard InChI is InChI=1S/C13H16O3/c1-3-10-5-7-12(16-4-2)11(9-10)6-8-13(14)15/h5-9H,3-4H2,1-2H3,(H,14,15)/b8-6-. The van der Waals surface area contributed by atoms with E-state index >= 15 is 0 Å². The topological polar surface area (TPSA) is 46.5 Å². The summed E-state index contributed by atoms with van der Waals surface area (Å²) in [7, 11) is 0. The fourth-order valence-corrected chi connectivity index (χ4v) is 1.40. The molecule has 86 valence electrons. The molecule has 0 aliphatic carbocycles. The van der Waals surface area contributed by atoms with Crippen LogP contribution < -0.4 is 4.74 Å². The summed E-state index contributed by atoms with van der Waals surface area (Å²) >= 11 is 0. The van der Waals surface area contributed by atoms with E-state index in [4.69, 9.17) is 9.84 Å². The molecule has 1 aromatic rings. The molecule has 1 rings (SSSR count). The van der Waals surface area contributed by atoms with E-state index in [1.54, 1.807) is 6.08 Å². The van der Waals surface area contributed by atoms with Crippen LogP contribution in [0.3, 0.4) is 0 Å². The van der Waals surface area contributed by atoms with Crippen LogP contribution in [-0.2, 0) is 11.2 Å². The molecule has 3 heteroatoms. The minimum Gasteiger partial charge on any atom is -0.493 e. The molecule has 0 radical (unpaired) electrons. The van der Waals surface area contributed by atoms with Gasteiger partial charge in [0, 0.05) is 11.6 Å². The monoisotopic (exact) mass is 220 g/mol. The van der Waals surface area contributed by atoms with Gasteiger partial charge in [0.15, 0.2) is 0 Å². The number of benzene rings is 1. The molecular formula is C13H16O3. The number of carbonyl (C=O) groups is 1. The van der Waals surface area contributed by atoms with E-state index in [9.17, 15) is 4.79 Å². The van der Waals surface area contributed by atoms with Crippen molar-refractivity contribution in [1.29, 1.82) is 0 Å². The second kappa shape index (κ2) is 5.95. The summed E-state index contributed by atoms with van der Waals surface area (Å²) in [6, 6.07) is 5.82. The van der Waals surface area contributed by atoms with Gasteiger partial charge in [-0.3, -0.25) is 0 Å². The lowest BCUT2D eigenvalue weighted by Crippen LogP contribution is -1.95. The Kier molecular flexibility index (Phi) is 4.58. The van der Waals surface area contributed by atoms with E-state index in [1.807, 2.05) is 25.1 Å². The Morgan fingerprint density at radius 2 is 2.19 bits per heavy atom. The fraction of sp³-hybridized carbons (Fsp3) is 0.308. The highest BCUT2D eigenvalue weighted by atomic mass is 16.5. The zero-order valence-electron chi connectivity index (χ0n) is 9.56. The molecule has 16 heavy (non-hydrogen) atoms. The lowest BCUT2D eigenvalue weighted by Gasteiger charge is -2.08. The quantitative estimate of drug-likeness (QED) is 0.776. The number of aliphatic carboxylic acids is 1. The van der Waals surface area contributed by atoms with Crippen LogP contribution in [0.15, 0.2) is 24.3 Å². The van der Waals surface area contributed by atoms with E-state index in [-0.39, 0.29) is 0 Å². The third-order valence-corrected chi connectivity index (χ3v) is 2.19. The molecule has 0 bridgehead atoms. The molecule has 0 unspecified atom stereocenters. The highest BCUT2D eigenvalue weighted by Crippen LogP contribution is 2.22. The summed E-state index contributed by atoms with van der Waals surface area (Å²) in [5.41, 5.74) is 1.97. The van der Waals surface area contributed by atoms with Crippen molar-refractivity contribution in [3.8, 4) is 5.75 Å². The normalized spacial score (nSPS) is 10.6. The Balaban J connectivity index is 3.04. The first-order valence-electron chi connectivity index (χ1n) is 5.34. The lowest BCUT2D eigenvalue weighted by atomic mass is 10.1. The molecule has 0 spiro atoms. The van der Waals surface area contributed by atoms with Crippen LogP contribution in [0.1, 0.15) is 25.0 Å². The molecule has 0 amide bonds. The first kappa shape index (κ1) is 12.3. The molecular weight excluding hydrogens is 204 g/mol. The van der Waals surface area contributed by atoms with E-state index in [0.717, 1.165) is 29.4 Å². The molecule has 1 N–H and O–H groups in total. The summed E-state index contributed by atoms with van der Waals surface area (Å²) in [5.74, 6) is -0.235. The Hall–Kier alpha value is -1.77. The van der Waals surface area contributed by atoms with Gasteiger partial charge in [0.25, 0.3) is 0 Å². The molecule has 0 saturated carbocycles. The lowest BCUT2D eigenvalue weighted by molar-refractivity contribution is -0.131. The van der Waals surface area contributed by atoms with Gasteiger partial charge in [-0.25, -0.2) is 4.79 Å². The third-order valence-electron chi connectivity index (χ3n) is 2.19. The summed E-state index contributed by atoms with van der Waals surface area (Å²) in [5, 5.41) is 8.59. The predicted molar refractivity (Wildman–Crippen MR) is 63.7 cm³/mol. The molecule has 0 aromatic heterocycles. The van der Waals surface area contributed by atoms with Crippen molar-refractivity contribution in [2.45, 2.75) is 20.3 Å². The van der Waals surface area contributed by atoms with Gasteiger partial charge in [0.1, 0.15) is 5.75 Å². The van der Waals surface area contributed by atoms with Crippen LogP contribution in [0.4, 0.5) is 0 Å². The van der Waals surface area contributed by atoms with Gasteiger partial charge in [-0.1, -0.05) is 13.0 Å². The molecule has 1 aromatic carbocycles. The van der Waals surface area contributed by atoms with Crippen molar-refractivity contribution in [2.75, 3.05) is 6.61 Å². The van der Waals surface area contributed by atoms with Gasteiger partial charge in [0.05, 0.1) is 6.61 Å². The minimum absolute atomic E-state index is 0.569. The highest BCUT2D eigenvalue weighted by Gasteiger charge is 2.02. The van der Waals surface area contributed by atoms with Crippen LogP contribution in [0.5, 0.6) is 5.75 Å². The van der Waals surface area contributed by atoms with Gasteiger partial charge < -0.3 is 9.84 Å². The molecule has 0 aliphatic rings. The summed E-state index contributed by atoms with van der Waals surface area (Å²) in [6.45, 7) is 4.53. The van der Waals surface area contributed by atoms with E-state index in [2.05, 4.69) is 6.92 Å². The maximum absolute atomic E-state index is 10.5. The predicted octanol–water partition coefficient (Wildman–Crippen LogP) is 2.75. The minimum atomic E-state index is -0.954. The van der Waals surface area contributed by atoms with Crippen molar-refractivity contribution in [3.63, 3.8) is 0 Å². The van der Waals surface area contributed by atoms with Crippen LogP contribution in [0.2, 0.25) is 0 Å². The average Bonchev–Trinajstić information content (AvgIpc) is 2.28. The first-order valence-corrected chi connectivity index (χ1v) is 5.34. The largest absolute Gasteiger partial charge is 0.493 e. The van der Waals surface area contributed by atoms with Crippen LogP contribution in [-0.4, -0.2) is 17.7 Å². The van der Waals surface area contributed by atoms with Crippen molar-refractivity contribution >= 4 is 12.0 Å². The maximum atomic E-state index is 10.5. The first-order chi connectivity index (χ1) is 7.67. The number of hydrogen-bond donors (Lipinski definition) is 1. The number of carboxylic acids is 1. The van der Waals surface area contributed by atoms with Crippen molar-refractivity contribution < 1.29 is 14.6 Å². The molecule has 0 saturated heterocycles. The smallest absolute Gasteiger partial charge is 0.328 e. The third kappa shape index (κ3) is 3.42. The van der Waals surface area contributed by atoms with Crippen LogP contribution in [0, 0.1) is 0 Å². The molecule has 0 atom stereocenters. The zero-order chi connectivity index (χ0) is 12.0. The van der Waals surface area contributed by atoms with E-state index < -0.39 is 5.97 Å². The van der Waals surface area contributed by atoms with Crippen molar-refractivity contribution in [2.24, 2.45) is 0 Å². The number of carboxylic acid groups (broad SMARTS) is 1. The Labute approximate surface area is 95.4 Å². The SMILES string of the molecule is CCOc1ccc(CC)cc1/C=C\C(=O)O. The van der Waals surface area contributed by atoms with E-state index in [0.29, 0.717) is 6.61 Å². The van der Waals surface area contributed by atoms with Gasteiger partial charge >= 0.3 is 5.97 Å². The van der Waals surface area contributed by atoms with Gasteiger partial charge in [0.2, 0.25) is 0 Å². The summed E-state index contributed by atoms with van der Waals surface area (Å²) in [6.07, 6.45) is 3.60. The second-order valence-electron chi connectivity index (χ2n) is 3.33. The summed E-state index contributed by atoms with van der Waals surface area (Å²) in [4.78, 5) is 10.5. The van der Waals surface area contributed by atoms with Crippen LogP contribution in [0.25, 0.3) is 6.08 Å². The molecule has 3 nitrogen and oxygen atoms in total. The zero-order valence-corrected chi connectivity index (χ0v) is 9.56. The molecule has 0 aliphatic heterocycles. The van der Waals surface area contributed by atoms with E-state index in [1.165, 1.54) is 0 Å². The number of aryl methyl sites for hydroxylation is 1. The van der Waals surface area contributed by atoms with Gasteiger partial charge in [-0.05, 0) is 37.1 Å². The Morgan fingerprint density at radius 1 is 1.44 bits per heavy atom. The summed E-state index contributed by atoms with van der Waals surface area (Å²) < 4.78 is 5.42. The maximum Gasteiger partial charge on any atom is 0.328 e. The highest BCUT2D eigenvalue weighted by molar-refractivity contribution is 5.85. The van der Waals surface area contributed by atoms with Crippen molar-refractivity contribution in [3.05, 3.63) is 35.4 Å². The fourth-order valence-electron chi connectivity index (χ4n) is 1.40. The average molecular weight is 220 g/mol. The number of ether oxygens (including phenoxy) is 1.